The first-order chi connectivity index (χ1) is 16.2. The predicted molar refractivity (Wildman–Crippen MR) is 135 cm³/mol. The summed E-state index contributed by atoms with van der Waals surface area (Å²) in [6.07, 6.45) is 0. The molecular formula is C28H37N3O3. The number of nitrogens with one attached hydrogen (secondary N) is 1. The third-order valence-corrected chi connectivity index (χ3v) is 6.07. The number of rotatable bonds is 8. The van der Waals surface area contributed by atoms with Gasteiger partial charge in [-0.3, -0.25) is 9.80 Å². The van der Waals surface area contributed by atoms with E-state index in [0.717, 1.165) is 5.56 Å². The van der Waals surface area contributed by atoms with E-state index in [1.165, 1.54) is 11.1 Å². The van der Waals surface area contributed by atoms with Gasteiger partial charge in [-0.1, -0.05) is 75.4 Å². The van der Waals surface area contributed by atoms with Crippen molar-refractivity contribution in [2.75, 3.05) is 26.7 Å². The smallest absolute Gasteiger partial charge is 0.338 e. The Balaban J connectivity index is 2.04. The van der Waals surface area contributed by atoms with Crippen molar-refractivity contribution in [1.82, 2.24) is 15.1 Å². The van der Waals surface area contributed by atoms with E-state index >= 15 is 0 Å². The summed E-state index contributed by atoms with van der Waals surface area (Å²) in [5.41, 5.74) is 4.42. The summed E-state index contributed by atoms with van der Waals surface area (Å²) in [5.74, 6) is -0.394. The highest BCUT2D eigenvalue weighted by Gasteiger charge is 2.38. The van der Waals surface area contributed by atoms with Crippen molar-refractivity contribution < 1.29 is 14.3 Å². The highest BCUT2D eigenvalue weighted by Crippen LogP contribution is 2.33. The van der Waals surface area contributed by atoms with E-state index in [-0.39, 0.29) is 18.1 Å². The van der Waals surface area contributed by atoms with Crippen LogP contribution in [-0.2, 0) is 21.5 Å². The van der Waals surface area contributed by atoms with Crippen LogP contribution < -0.4 is 5.32 Å². The van der Waals surface area contributed by atoms with E-state index in [0.29, 0.717) is 30.9 Å². The number of carbonyl (C=O) groups is 2. The van der Waals surface area contributed by atoms with Gasteiger partial charge in [0.25, 0.3) is 0 Å². The third-order valence-electron chi connectivity index (χ3n) is 6.07. The Labute approximate surface area is 203 Å². The van der Waals surface area contributed by atoms with E-state index in [9.17, 15) is 9.59 Å². The number of esters is 1. The van der Waals surface area contributed by atoms with E-state index in [1.807, 2.05) is 44.3 Å². The van der Waals surface area contributed by atoms with Crippen LogP contribution in [0.4, 0.5) is 4.79 Å². The predicted octanol–water partition coefficient (Wildman–Crippen LogP) is 5.02. The molecule has 2 amide bonds. The van der Waals surface area contributed by atoms with E-state index in [4.69, 9.17) is 4.74 Å². The number of benzene rings is 2. The number of likely N-dealkylation sites (N-methyl/N-ethyl adjacent to an activating group) is 2. The van der Waals surface area contributed by atoms with Crippen molar-refractivity contribution in [2.24, 2.45) is 0 Å². The van der Waals surface area contributed by atoms with Crippen LogP contribution in [0.25, 0.3) is 0 Å². The second kappa shape index (κ2) is 10.9. The summed E-state index contributed by atoms with van der Waals surface area (Å²) in [6, 6.07) is 17.5. The van der Waals surface area contributed by atoms with Crippen molar-refractivity contribution in [1.29, 1.82) is 0 Å². The number of nitrogens with zero attached hydrogens (tertiary/aromatic N) is 2. The Hall–Kier alpha value is -3.12. The fourth-order valence-corrected chi connectivity index (χ4v) is 4.29. The van der Waals surface area contributed by atoms with E-state index < -0.39 is 12.0 Å². The molecule has 2 aromatic rings. The maximum absolute atomic E-state index is 13.2. The molecule has 1 N–H and O–H groups in total. The second-order valence-electron chi connectivity index (χ2n) is 9.74. The Kier molecular flexibility index (Phi) is 8.15. The highest BCUT2D eigenvalue weighted by atomic mass is 16.5. The van der Waals surface area contributed by atoms with Crippen molar-refractivity contribution in [2.45, 2.75) is 52.6 Å². The zero-order valence-electron chi connectivity index (χ0n) is 21.2. The first kappa shape index (κ1) is 25.5. The van der Waals surface area contributed by atoms with Crippen LogP contribution in [0.3, 0.4) is 0 Å². The summed E-state index contributed by atoms with van der Waals surface area (Å²) in [6.45, 7) is 12.1. The molecule has 2 aromatic carbocycles. The van der Waals surface area contributed by atoms with E-state index in [2.05, 4.69) is 55.3 Å². The summed E-state index contributed by atoms with van der Waals surface area (Å²) in [4.78, 5) is 30.1. The molecule has 0 saturated carbocycles. The SMILES string of the molecule is CCOC(=O)C1=C(CN(C)Cc2ccccc2)N(CC)C(=O)N[C@@H]1c1ccc(C(C)(C)C)cc1. The molecule has 0 aromatic heterocycles. The van der Waals surface area contributed by atoms with Crippen molar-refractivity contribution in [3.05, 3.63) is 82.6 Å². The minimum atomic E-state index is -0.566. The molecule has 6 heteroatoms. The van der Waals surface area contributed by atoms with Gasteiger partial charge >= 0.3 is 12.0 Å². The first-order valence-electron chi connectivity index (χ1n) is 12.0. The molecular weight excluding hydrogens is 426 g/mol. The number of hydrogen-bond donors (Lipinski definition) is 1. The number of urea groups is 1. The van der Waals surface area contributed by atoms with Crippen LogP contribution >= 0.6 is 0 Å². The largest absolute Gasteiger partial charge is 0.463 e. The molecule has 0 aliphatic carbocycles. The van der Waals surface area contributed by atoms with Crippen LogP contribution in [0.1, 0.15) is 57.4 Å². The molecule has 1 heterocycles. The molecule has 34 heavy (non-hydrogen) atoms. The minimum absolute atomic E-state index is 0.0124. The highest BCUT2D eigenvalue weighted by molar-refractivity contribution is 5.95. The summed E-state index contributed by atoms with van der Waals surface area (Å²) >= 11 is 0. The van der Waals surface area contributed by atoms with Crippen LogP contribution in [0, 0.1) is 0 Å². The standard InChI is InChI=1S/C28H37N3O3/c1-7-31-23(19-30(6)18-20-12-10-9-11-13-20)24(26(32)34-8-2)25(29-27(31)33)21-14-16-22(17-15-21)28(3,4)5/h9-17,25H,7-8,18-19H2,1-6H3,(H,29,33)/t25-/m1/s1. The molecule has 0 fully saturated rings. The second-order valence-corrected chi connectivity index (χ2v) is 9.74. The first-order valence-corrected chi connectivity index (χ1v) is 12.0. The molecule has 1 aliphatic rings. The molecule has 0 unspecified atom stereocenters. The van der Waals surface area contributed by atoms with Gasteiger partial charge in [-0.15, -0.1) is 0 Å². The topological polar surface area (TPSA) is 61.9 Å². The lowest BCUT2D eigenvalue weighted by molar-refractivity contribution is -0.139. The minimum Gasteiger partial charge on any atom is -0.463 e. The quantitative estimate of drug-likeness (QED) is 0.559. The normalized spacial score (nSPS) is 16.6. The van der Waals surface area contributed by atoms with Gasteiger partial charge in [0.15, 0.2) is 0 Å². The van der Waals surface area contributed by atoms with Gasteiger partial charge < -0.3 is 10.1 Å². The van der Waals surface area contributed by atoms with Gasteiger partial charge in [-0.05, 0) is 43.0 Å². The average molecular weight is 464 g/mol. The monoisotopic (exact) mass is 463 g/mol. The van der Waals surface area contributed by atoms with E-state index in [1.54, 1.807) is 11.8 Å². The molecule has 0 radical (unpaired) electrons. The Bertz CT molecular complexity index is 1020. The fraction of sp³-hybridized carbons (Fsp3) is 0.429. The van der Waals surface area contributed by atoms with Gasteiger partial charge in [-0.2, -0.15) is 0 Å². The van der Waals surface area contributed by atoms with Crippen molar-refractivity contribution >= 4 is 12.0 Å². The van der Waals surface area contributed by atoms with Gasteiger partial charge in [0.2, 0.25) is 0 Å². The van der Waals surface area contributed by atoms with Crippen LogP contribution in [0.2, 0.25) is 0 Å². The maximum Gasteiger partial charge on any atom is 0.338 e. The lowest BCUT2D eigenvalue weighted by atomic mass is 9.85. The maximum atomic E-state index is 13.2. The molecule has 0 saturated heterocycles. The van der Waals surface area contributed by atoms with Gasteiger partial charge in [0, 0.05) is 25.3 Å². The Morgan fingerprint density at radius 1 is 1.03 bits per heavy atom. The molecule has 182 valence electrons. The molecule has 0 spiro atoms. The molecule has 1 aliphatic heterocycles. The van der Waals surface area contributed by atoms with Crippen LogP contribution in [-0.4, -0.2) is 48.5 Å². The van der Waals surface area contributed by atoms with Gasteiger partial charge in [0.05, 0.1) is 18.2 Å². The van der Waals surface area contributed by atoms with Gasteiger partial charge in [0.1, 0.15) is 0 Å². The number of hydrogen-bond acceptors (Lipinski definition) is 4. The number of carbonyl (C=O) groups excluding carboxylic acids is 2. The zero-order chi connectivity index (χ0) is 24.9. The molecule has 6 nitrogen and oxygen atoms in total. The lowest BCUT2D eigenvalue weighted by Gasteiger charge is -2.37. The summed E-state index contributed by atoms with van der Waals surface area (Å²) < 4.78 is 5.48. The number of amides is 2. The summed E-state index contributed by atoms with van der Waals surface area (Å²) in [5, 5.41) is 3.04. The molecule has 0 bridgehead atoms. The van der Waals surface area contributed by atoms with Crippen molar-refractivity contribution in [3.8, 4) is 0 Å². The Morgan fingerprint density at radius 2 is 1.68 bits per heavy atom. The van der Waals surface area contributed by atoms with Gasteiger partial charge in [-0.25, -0.2) is 9.59 Å². The number of ether oxygens (including phenoxy) is 1. The Morgan fingerprint density at radius 3 is 2.24 bits per heavy atom. The lowest BCUT2D eigenvalue weighted by Crippen LogP contribution is -2.50. The third kappa shape index (κ3) is 5.86. The van der Waals surface area contributed by atoms with Crippen LogP contribution in [0.15, 0.2) is 65.9 Å². The average Bonchev–Trinajstić information content (AvgIpc) is 2.79. The zero-order valence-corrected chi connectivity index (χ0v) is 21.2. The van der Waals surface area contributed by atoms with Crippen LogP contribution in [0.5, 0.6) is 0 Å². The summed E-state index contributed by atoms with van der Waals surface area (Å²) in [7, 11) is 2.00. The fourth-order valence-electron chi connectivity index (χ4n) is 4.29. The van der Waals surface area contributed by atoms with Crippen molar-refractivity contribution in [3.63, 3.8) is 0 Å². The molecule has 3 rings (SSSR count). The molecule has 1 atom stereocenters.